The lowest BCUT2D eigenvalue weighted by atomic mass is 10.2. The molecule has 0 amide bonds. The molecule has 0 saturated carbocycles. The highest BCUT2D eigenvalue weighted by molar-refractivity contribution is 7.99. The van der Waals surface area contributed by atoms with E-state index in [9.17, 15) is 5.26 Å². The number of aromatic nitrogens is 1. The molecule has 24 heavy (non-hydrogen) atoms. The van der Waals surface area contributed by atoms with Gasteiger partial charge in [0.05, 0.1) is 12.2 Å². The summed E-state index contributed by atoms with van der Waals surface area (Å²) in [6, 6.07) is 19.1. The van der Waals surface area contributed by atoms with Gasteiger partial charge in [-0.2, -0.15) is 5.26 Å². The van der Waals surface area contributed by atoms with E-state index in [-0.39, 0.29) is 0 Å². The number of hydrogen-bond donors (Lipinski definition) is 1. The number of anilines is 1. The van der Waals surface area contributed by atoms with Crippen molar-refractivity contribution < 1.29 is 0 Å². The molecule has 0 bridgehead atoms. The first-order valence-corrected chi connectivity index (χ1v) is 8.71. The third-order valence-corrected chi connectivity index (χ3v) is 5.24. The topological polar surface area (TPSA) is 54.7 Å². The highest BCUT2D eigenvalue weighted by Crippen LogP contribution is 2.35. The van der Waals surface area contributed by atoms with Crippen LogP contribution in [0.4, 0.5) is 5.69 Å². The minimum Gasteiger partial charge on any atom is -0.397 e. The van der Waals surface area contributed by atoms with Gasteiger partial charge in [-0.25, -0.2) is 0 Å². The van der Waals surface area contributed by atoms with Crippen molar-refractivity contribution in [3.63, 3.8) is 0 Å². The van der Waals surface area contributed by atoms with Crippen LogP contribution in [0, 0.1) is 11.3 Å². The van der Waals surface area contributed by atoms with Crippen LogP contribution < -0.4 is 5.73 Å². The van der Waals surface area contributed by atoms with Crippen LogP contribution in [0.25, 0.3) is 0 Å². The van der Waals surface area contributed by atoms with Gasteiger partial charge in [0.2, 0.25) is 0 Å². The first-order valence-electron chi connectivity index (χ1n) is 7.14. The van der Waals surface area contributed by atoms with E-state index in [1.165, 1.54) is 11.8 Å². The third kappa shape index (κ3) is 3.54. The molecule has 0 aliphatic heterocycles. The molecule has 3 aromatic rings. The van der Waals surface area contributed by atoms with Crippen LogP contribution >= 0.6 is 35.0 Å². The molecule has 1 heterocycles. The maximum atomic E-state index is 9.42. The highest BCUT2D eigenvalue weighted by Gasteiger charge is 2.16. The fourth-order valence-corrected chi connectivity index (χ4v) is 3.77. The van der Waals surface area contributed by atoms with Crippen molar-refractivity contribution in [3.05, 3.63) is 75.9 Å². The van der Waals surface area contributed by atoms with Gasteiger partial charge in [-0.3, -0.25) is 0 Å². The Morgan fingerprint density at radius 3 is 2.50 bits per heavy atom. The Morgan fingerprint density at radius 1 is 1.08 bits per heavy atom. The van der Waals surface area contributed by atoms with Gasteiger partial charge >= 0.3 is 0 Å². The van der Waals surface area contributed by atoms with Crippen LogP contribution in [0.1, 0.15) is 11.3 Å². The zero-order chi connectivity index (χ0) is 17.1. The van der Waals surface area contributed by atoms with E-state index in [0.717, 1.165) is 15.5 Å². The van der Waals surface area contributed by atoms with Crippen LogP contribution in [0.15, 0.2) is 64.5 Å². The van der Waals surface area contributed by atoms with E-state index < -0.39 is 0 Å². The first-order chi connectivity index (χ1) is 11.6. The third-order valence-electron chi connectivity index (χ3n) is 3.49. The zero-order valence-electron chi connectivity index (χ0n) is 12.5. The molecule has 0 spiro atoms. The Hall–Kier alpha value is -2.06. The van der Waals surface area contributed by atoms with Crippen molar-refractivity contribution in [1.29, 1.82) is 5.26 Å². The van der Waals surface area contributed by atoms with Crippen molar-refractivity contribution in [1.82, 2.24) is 4.57 Å². The molecule has 120 valence electrons. The fraction of sp³-hybridized carbons (Fsp3) is 0.0556. The number of benzene rings is 2. The summed E-state index contributed by atoms with van der Waals surface area (Å²) in [6.07, 6.45) is 0. The molecule has 0 saturated heterocycles. The number of nitrogens with zero attached hydrogens (tertiary/aromatic N) is 2. The van der Waals surface area contributed by atoms with Gasteiger partial charge in [0.1, 0.15) is 16.8 Å². The molecular formula is C18H13Cl2N3S. The number of rotatable bonds is 4. The summed E-state index contributed by atoms with van der Waals surface area (Å²) in [5, 5.41) is 11.4. The fourth-order valence-electron chi connectivity index (χ4n) is 2.34. The summed E-state index contributed by atoms with van der Waals surface area (Å²) in [4.78, 5) is 1.05. The lowest BCUT2D eigenvalue weighted by molar-refractivity contribution is 0.726. The molecule has 0 atom stereocenters. The summed E-state index contributed by atoms with van der Waals surface area (Å²) >= 11 is 13.8. The zero-order valence-corrected chi connectivity index (χ0v) is 14.9. The average molecular weight is 374 g/mol. The maximum absolute atomic E-state index is 9.42. The van der Waals surface area contributed by atoms with Crippen molar-refractivity contribution >= 4 is 40.7 Å². The SMILES string of the molecule is N#Cc1cc(N)c(Sc2ccccc2)n1Cc1ccc(Cl)cc1Cl. The molecule has 3 nitrogen and oxygen atoms in total. The molecule has 0 unspecified atom stereocenters. The number of nitrogens with two attached hydrogens (primary N) is 1. The van der Waals surface area contributed by atoms with E-state index in [1.807, 2.05) is 41.0 Å². The minimum atomic E-state index is 0.450. The average Bonchev–Trinajstić information content (AvgIpc) is 2.87. The molecule has 0 radical (unpaired) electrons. The quantitative estimate of drug-likeness (QED) is 0.661. The Bertz CT molecular complexity index is 914. The van der Waals surface area contributed by atoms with Crippen molar-refractivity contribution in [2.45, 2.75) is 16.5 Å². The number of nitriles is 1. The Balaban J connectivity index is 2.01. The van der Waals surface area contributed by atoms with E-state index in [1.54, 1.807) is 18.2 Å². The number of hydrogen-bond acceptors (Lipinski definition) is 3. The Morgan fingerprint density at radius 2 is 1.83 bits per heavy atom. The number of halogens is 2. The predicted molar refractivity (Wildman–Crippen MR) is 99.7 cm³/mol. The molecule has 2 N–H and O–H groups in total. The Kier molecular flexibility index (Phi) is 5.06. The molecule has 0 fully saturated rings. The second-order valence-corrected chi connectivity index (χ2v) is 7.04. The standard InChI is InChI=1S/C18H13Cl2N3S/c19-13-7-6-12(16(20)8-13)11-23-14(10-21)9-17(22)18(23)24-15-4-2-1-3-5-15/h1-9H,11,22H2. The second-order valence-electron chi connectivity index (χ2n) is 5.14. The van der Waals surface area contributed by atoms with Crippen LogP contribution in [-0.4, -0.2) is 4.57 Å². The minimum absolute atomic E-state index is 0.450. The van der Waals surface area contributed by atoms with Crippen LogP contribution in [0.2, 0.25) is 10.0 Å². The van der Waals surface area contributed by atoms with Gasteiger partial charge in [0, 0.05) is 14.9 Å². The van der Waals surface area contributed by atoms with E-state index in [0.29, 0.717) is 28.0 Å². The number of nitrogen functional groups attached to an aromatic ring is 1. The maximum Gasteiger partial charge on any atom is 0.123 e. The molecule has 0 aliphatic carbocycles. The van der Waals surface area contributed by atoms with Gasteiger partial charge < -0.3 is 10.3 Å². The largest absolute Gasteiger partial charge is 0.397 e. The Labute approximate surface area is 154 Å². The normalized spacial score (nSPS) is 10.5. The van der Waals surface area contributed by atoms with Gasteiger partial charge in [-0.15, -0.1) is 0 Å². The van der Waals surface area contributed by atoms with Crippen molar-refractivity contribution in [2.75, 3.05) is 5.73 Å². The van der Waals surface area contributed by atoms with E-state index >= 15 is 0 Å². The lowest BCUT2D eigenvalue weighted by Crippen LogP contribution is -2.05. The van der Waals surface area contributed by atoms with Crippen molar-refractivity contribution in [2.24, 2.45) is 0 Å². The summed E-state index contributed by atoms with van der Waals surface area (Å²) in [5.74, 6) is 0. The van der Waals surface area contributed by atoms with E-state index in [2.05, 4.69) is 6.07 Å². The van der Waals surface area contributed by atoms with Gasteiger partial charge in [0.25, 0.3) is 0 Å². The lowest BCUT2D eigenvalue weighted by Gasteiger charge is -2.12. The van der Waals surface area contributed by atoms with Gasteiger partial charge in [0.15, 0.2) is 0 Å². The molecule has 6 heteroatoms. The summed E-state index contributed by atoms with van der Waals surface area (Å²) in [6.45, 7) is 0.450. The highest BCUT2D eigenvalue weighted by atomic mass is 35.5. The molecule has 1 aromatic heterocycles. The molecule has 3 rings (SSSR count). The second kappa shape index (κ2) is 7.23. The summed E-state index contributed by atoms with van der Waals surface area (Å²) in [5.41, 5.74) is 8.08. The smallest absolute Gasteiger partial charge is 0.123 e. The monoisotopic (exact) mass is 373 g/mol. The summed E-state index contributed by atoms with van der Waals surface area (Å²) < 4.78 is 1.88. The van der Waals surface area contributed by atoms with Crippen LogP contribution in [-0.2, 0) is 6.54 Å². The van der Waals surface area contributed by atoms with Crippen LogP contribution in [0.3, 0.4) is 0 Å². The first kappa shape index (κ1) is 16.8. The molecule has 0 aliphatic rings. The summed E-state index contributed by atoms with van der Waals surface area (Å²) in [7, 11) is 0. The molecule has 2 aromatic carbocycles. The predicted octanol–water partition coefficient (Wildman–Crippen LogP) is 5.45. The van der Waals surface area contributed by atoms with E-state index in [4.69, 9.17) is 28.9 Å². The van der Waals surface area contributed by atoms with Crippen molar-refractivity contribution in [3.8, 4) is 6.07 Å². The van der Waals surface area contributed by atoms with Gasteiger partial charge in [-0.1, -0.05) is 59.2 Å². The molecular weight excluding hydrogens is 361 g/mol. The van der Waals surface area contributed by atoms with Crippen LogP contribution in [0.5, 0.6) is 0 Å². The van der Waals surface area contributed by atoms with Gasteiger partial charge in [-0.05, 0) is 35.9 Å².